The third-order valence-corrected chi connectivity index (χ3v) is 6.15. The Kier molecular flexibility index (Phi) is 8.05. The molecule has 154 valence electrons. The number of aryl methyl sites for hydroxylation is 1. The highest BCUT2D eigenvalue weighted by atomic mass is 35.5. The summed E-state index contributed by atoms with van der Waals surface area (Å²) in [6, 6.07) is 13.0. The molecular formula is C20H28ClN3O3S. The van der Waals surface area contributed by atoms with Gasteiger partial charge in [-0.2, -0.15) is 0 Å². The van der Waals surface area contributed by atoms with E-state index in [4.69, 9.17) is 5.73 Å². The molecular weight excluding hydrogens is 398 g/mol. The summed E-state index contributed by atoms with van der Waals surface area (Å²) in [4.78, 5) is 12.6. The highest BCUT2D eigenvalue weighted by molar-refractivity contribution is 7.92. The van der Waals surface area contributed by atoms with Crippen LogP contribution in [0.2, 0.25) is 0 Å². The second-order valence-corrected chi connectivity index (χ2v) is 8.92. The summed E-state index contributed by atoms with van der Waals surface area (Å²) in [6.45, 7) is 7.98. The minimum absolute atomic E-state index is 0. The third-order valence-electron chi connectivity index (χ3n) is 4.77. The molecule has 0 aliphatic heterocycles. The van der Waals surface area contributed by atoms with Crippen molar-refractivity contribution in [2.24, 2.45) is 11.7 Å². The molecule has 0 saturated carbocycles. The number of benzene rings is 2. The molecule has 0 fully saturated rings. The highest BCUT2D eigenvalue weighted by Crippen LogP contribution is 2.20. The smallest absolute Gasteiger partial charge is 0.261 e. The fourth-order valence-electron chi connectivity index (χ4n) is 2.49. The van der Waals surface area contributed by atoms with Crippen LogP contribution in [0.5, 0.6) is 0 Å². The normalized spacial score (nSPS) is 13.4. The standard InChI is InChI=1S/C20H27N3O3S.ClH/c1-14(2)20(4,13-21)22-19(24)16-8-6-10-18(12-16)27(25,26)23-17-9-5-7-15(3)11-17;/h5-12,14,23H,13,21H2,1-4H3,(H,22,24);1H. The Hall–Kier alpha value is -2.09. The Balaban J connectivity index is 0.00000392. The lowest BCUT2D eigenvalue weighted by Crippen LogP contribution is -2.55. The lowest BCUT2D eigenvalue weighted by atomic mass is 9.88. The average Bonchev–Trinajstić information content (AvgIpc) is 2.61. The fourth-order valence-corrected chi connectivity index (χ4v) is 3.58. The number of hydrogen-bond donors (Lipinski definition) is 3. The van der Waals surface area contributed by atoms with Crippen LogP contribution < -0.4 is 15.8 Å². The van der Waals surface area contributed by atoms with Crippen molar-refractivity contribution in [3.63, 3.8) is 0 Å². The third kappa shape index (κ3) is 5.70. The Morgan fingerprint density at radius 2 is 1.79 bits per heavy atom. The highest BCUT2D eigenvalue weighted by Gasteiger charge is 2.29. The maximum absolute atomic E-state index is 12.7. The van der Waals surface area contributed by atoms with Crippen molar-refractivity contribution in [1.29, 1.82) is 0 Å². The average molecular weight is 426 g/mol. The maximum atomic E-state index is 12.7. The predicted molar refractivity (Wildman–Crippen MR) is 115 cm³/mol. The van der Waals surface area contributed by atoms with Crippen molar-refractivity contribution in [3.8, 4) is 0 Å². The fraction of sp³-hybridized carbons (Fsp3) is 0.350. The molecule has 2 aromatic carbocycles. The van der Waals surface area contributed by atoms with Gasteiger partial charge in [0, 0.05) is 17.8 Å². The van der Waals surface area contributed by atoms with Crippen LogP contribution in [-0.4, -0.2) is 26.4 Å². The van der Waals surface area contributed by atoms with E-state index in [0.717, 1.165) is 5.56 Å². The lowest BCUT2D eigenvalue weighted by Gasteiger charge is -2.33. The number of rotatable bonds is 7. The van der Waals surface area contributed by atoms with Crippen LogP contribution >= 0.6 is 12.4 Å². The molecule has 8 heteroatoms. The van der Waals surface area contributed by atoms with E-state index in [1.54, 1.807) is 30.3 Å². The predicted octanol–water partition coefficient (Wildman–Crippen LogP) is 3.32. The number of carbonyl (C=O) groups excluding carboxylic acids is 1. The van der Waals surface area contributed by atoms with Crippen molar-refractivity contribution in [1.82, 2.24) is 5.32 Å². The molecule has 0 saturated heterocycles. The van der Waals surface area contributed by atoms with Crippen LogP contribution in [0.4, 0.5) is 5.69 Å². The van der Waals surface area contributed by atoms with Gasteiger partial charge in [0.1, 0.15) is 0 Å². The van der Waals surface area contributed by atoms with E-state index in [1.165, 1.54) is 12.1 Å². The van der Waals surface area contributed by atoms with Crippen molar-refractivity contribution < 1.29 is 13.2 Å². The number of carbonyl (C=O) groups is 1. The molecule has 1 amide bonds. The van der Waals surface area contributed by atoms with E-state index < -0.39 is 15.6 Å². The Morgan fingerprint density at radius 1 is 1.14 bits per heavy atom. The first kappa shape index (κ1) is 23.9. The molecule has 0 aliphatic rings. The molecule has 1 atom stereocenters. The summed E-state index contributed by atoms with van der Waals surface area (Å²) in [6.07, 6.45) is 0. The van der Waals surface area contributed by atoms with E-state index in [0.29, 0.717) is 5.69 Å². The molecule has 28 heavy (non-hydrogen) atoms. The van der Waals surface area contributed by atoms with E-state index in [9.17, 15) is 13.2 Å². The lowest BCUT2D eigenvalue weighted by molar-refractivity contribution is 0.0883. The summed E-state index contributed by atoms with van der Waals surface area (Å²) in [5.74, 6) is -0.231. The van der Waals surface area contributed by atoms with Gasteiger partial charge in [0.2, 0.25) is 0 Å². The molecule has 0 radical (unpaired) electrons. The van der Waals surface area contributed by atoms with E-state index in [1.807, 2.05) is 33.8 Å². The van der Waals surface area contributed by atoms with E-state index >= 15 is 0 Å². The van der Waals surface area contributed by atoms with Gasteiger partial charge >= 0.3 is 0 Å². The molecule has 0 bridgehead atoms. The van der Waals surface area contributed by atoms with Crippen LogP contribution in [0.15, 0.2) is 53.4 Å². The first-order valence-electron chi connectivity index (χ1n) is 8.79. The quantitative estimate of drug-likeness (QED) is 0.633. The molecule has 0 aliphatic carbocycles. The second kappa shape index (κ2) is 9.41. The Labute approximate surface area is 173 Å². The van der Waals surface area contributed by atoms with Crippen molar-refractivity contribution in [2.45, 2.75) is 38.1 Å². The molecule has 2 aromatic rings. The Bertz CT molecular complexity index is 932. The molecule has 4 N–H and O–H groups in total. The molecule has 6 nitrogen and oxygen atoms in total. The SMILES string of the molecule is Cc1cccc(NS(=O)(=O)c2cccc(C(=O)NC(C)(CN)C(C)C)c2)c1.Cl. The molecule has 0 spiro atoms. The number of halogens is 1. The monoisotopic (exact) mass is 425 g/mol. The summed E-state index contributed by atoms with van der Waals surface area (Å²) in [7, 11) is -3.81. The van der Waals surface area contributed by atoms with Crippen LogP contribution in [-0.2, 0) is 10.0 Å². The summed E-state index contributed by atoms with van der Waals surface area (Å²) in [5.41, 5.74) is 6.91. The van der Waals surface area contributed by atoms with Crippen molar-refractivity contribution in [3.05, 3.63) is 59.7 Å². The van der Waals surface area contributed by atoms with Crippen molar-refractivity contribution in [2.75, 3.05) is 11.3 Å². The second-order valence-electron chi connectivity index (χ2n) is 7.23. The number of nitrogens with two attached hydrogens (primary N) is 1. The minimum Gasteiger partial charge on any atom is -0.345 e. The van der Waals surface area contributed by atoms with Crippen LogP contribution in [0.25, 0.3) is 0 Å². The summed E-state index contributed by atoms with van der Waals surface area (Å²) < 4.78 is 27.9. The van der Waals surface area contributed by atoms with Gasteiger partial charge in [-0.1, -0.05) is 32.0 Å². The van der Waals surface area contributed by atoms with E-state index in [2.05, 4.69) is 10.0 Å². The van der Waals surface area contributed by atoms with Gasteiger partial charge in [0.05, 0.1) is 10.4 Å². The van der Waals surface area contributed by atoms with Gasteiger partial charge in [-0.25, -0.2) is 8.42 Å². The number of nitrogens with one attached hydrogen (secondary N) is 2. The number of sulfonamides is 1. The van der Waals surface area contributed by atoms with Crippen LogP contribution in [0, 0.1) is 12.8 Å². The van der Waals surface area contributed by atoms with Gasteiger partial charge in [0.15, 0.2) is 0 Å². The van der Waals surface area contributed by atoms with Gasteiger partial charge in [0.25, 0.3) is 15.9 Å². The molecule has 0 heterocycles. The number of hydrogen-bond acceptors (Lipinski definition) is 4. The minimum atomic E-state index is -3.81. The first-order valence-corrected chi connectivity index (χ1v) is 10.3. The number of amides is 1. The zero-order valence-corrected chi connectivity index (χ0v) is 18.2. The zero-order chi connectivity index (χ0) is 20.2. The van der Waals surface area contributed by atoms with Crippen LogP contribution in [0.1, 0.15) is 36.7 Å². The van der Waals surface area contributed by atoms with E-state index in [-0.39, 0.29) is 41.2 Å². The summed E-state index contributed by atoms with van der Waals surface area (Å²) >= 11 is 0. The van der Waals surface area contributed by atoms with Gasteiger partial charge in [-0.15, -0.1) is 12.4 Å². The van der Waals surface area contributed by atoms with Gasteiger partial charge < -0.3 is 11.1 Å². The van der Waals surface area contributed by atoms with Crippen LogP contribution in [0.3, 0.4) is 0 Å². The zero-order valence-electron chi connectivity index (χ0n) is 16.5. The van der Waals surface area contributed by atoms with Crippen molar-refractivity contribution >= 4 is 34.0 Å². The summed E-state index contributed by atoms with van der Waals surface area (Å²) in [5, 5.41) is 2.92. The van der Waals surface area contributed by atoms with Gasteiger partial charge in [-0.3, -0.25) is 9.52 Å². The Morgan fingerprint density at radius 3 is 2.36 bits per heavy atom. The first-order chi connectivity index (χ1) is 12.6. The molecule has 1 unspecified atom stereocenters. The largest absolute Gasteiger partial charge is 0.345 e. The van der Waals surface area contributed by atoms with Gasteiger partial charge in [-0.05, 0) is 55.7 Å². The maximum Gasteiger partial charge on any atom is 0.261 e. The number of anilines is 1. The molecule has 2 rings (SSSR count). The molecule has 0 aromatic heterocycles. The topological polar surface area (TPSA) is 101 Å².